The van der Waals surface area contributed by atoms with E-state index in [1.165, 1.54) is 42.7 Å². The molecule has 0 fully saturated rings. The third-order valence-electron chi connectivity index (χ3n) is 2.65. The molecule has 0 spiro atoms. The Hall–Kier alpha value is -2.54. The van der Waals surface area contributed by atoms with E-state index in [1.54, 1.807) is 0 Å². The minimum Gasteiger partial charge on any atom is -0.267 e. The lowest BCUT2D eigenvalue weighted by molar-refractivity contribution is -0.385. The predicted molar refractivity (Wildman–Crippen MR) is 77.2 cm³/mol. The molecule has 102 valence electrons. The Morgan fingerprint density at radius 3 is 2.85 bits per heavy atom. The lowest BCUT2D eigenvalue weighted by atomic mass is 10.1. The molecule has 0 bridgehead atoms. The van der Waals surface area contributed by atoms with Gasteiger partial charge < -0.3 is 0 Å². The molecule has 1 aromatic heterocycles. The minimum absolute atomic E-state index is 0.0834. The van der Waals surface area contributed by atoms with Gasteiger partial charge in [0.15, 0.2) is 0 Å². The van der Waals surface area contributed by atoms with Gasteiger partial charge in [0, 0.05) is 16.5 Å². The number of nitro benzene ring substituents is 1. The van der Waals surface area contributed by atoms with Crippen molar-refractivity contribution in [2.24, 2.45) is 5.10 Å². The first-order chi connectivity index (χ1) is 9.59. The molecule has 7 heteroatoms. The number of hydrogen-bond acceptors (Lipinski definition) is 5. The smallest absolute Gasteiger partial charge is 0.267 e. The lowest BCUT2D eigenvalue weighted by Gasteiger charge is -2.04. The molecular weight excluding hydrogens is 278 g/mol. The van der Waals surface area contributed by atoms with Crippen LogP contribution in [0.25, 0.3) is 0 Å². The number of hydrazone groups is 1. The second-order valence-electron chi connectivity index (χ2n) is 3.92. The molecule has 0 aliphatic carbocycles. The summed E-state index contributed by atoms with van der Waals surface area (Å²) >= 11 is 1.49. The predicted octanol–water partition coefficient (Wildman–Crippen LogP) is 2.73. The summed E-state index contributed by atoms with van der Waals surface area (Å²) < 4.78 is 0. The minimum atomic E-state index is -0.513. The van der Waals surface area contributed by atoms with Crippen LogP contribution < -0.4 is 5.43 Å². The summed E-state index contributed by atoms with van der Waals surface area (Å²) in [5.41, 5.74) is 2.83. The summed E-state index contributed by atoms with van der Waals surface area (Å²) in [4.78, 5) is 23.1. The molecule has 0 saturated carbocycles. The van der Waals surface area contributed by atoms with Crippen LogP contribution in [0, 0.1) is 17.0 Å². The van der Waals surface area contributed by atoms with Crippen LogP contribution >= 0.6 is 11.3 Å². The molecule has 1 N–H and O–H groups in total. The van der Waals surface area contributed by atoms with Gasteiger partial charge in [-0.05, 0) is 24.4 Å². The topological polar surface area (TPSA) is 84.6 Å². The highest BCUT2D eigenvalue weighted by atomic mass is 32.1. The number of benzene rings is 1. The monoisotopic (exact) mass is 289 g/mol. The van der Waals surface area contributed by atoms with Gasteiger partial charge in [-0.1, -0.05) is 12.1 Å². The average molecular weight is 289 g/mol. The Morgan fingerprint density at radius 1 is 1.40 bits per heavy atom. The van der Waals surface area contributed by atoms with Crippen molar-refractivity contribution in [1.82, 2.24) is 5.43 Å². The van der Waals surface area contributed by atoms with Crippen molar-refractivity contribution in [2.45, 2.75) is 6.92 Å². The normalized spacial score (nSPS) is 10.7. The van der Waals surface area contributed by atoms with Crippen LogP contribution in [0.4, 0.5) is 5.69 Å². The number of thiophene rings is 1. The molecule has 1 aromatic carbocycles. The second kappa shape index (κ2) is 6.07. The number of rotatable bonds is 4. The third-order valence-corrected chi connectivity index (χ3v) is 3.45. The number of amides is 1. The highest BCUT2D eigenvalue weighted by Gasteiger charge is 2.17. The fourth-order valence-electron chi connectivity index (χ4n) is 1.65. The van der Waals surface area contributed by atoms with Crippen LogP contribution in [0.5, 0.6) is 0 Å². The average Bonchev–Trinajstić information content (AvgIpc) is 2.91. The Morgan fingerprint density at radius 2 is 2.20 bits per heavy atom. The first-order valence-electron chi connectivity index (χ1n) is 5.70. The van der Waals surface area contributed by atoms with Crippen LogP contribution in [-0.4, -0.2) is 17.0 Å². The molecule has 0 atom stereocenters. The van der Waals surface area contributed by atoms with E-state index < -0.39 is 10.8 Å². The quantitative estimate of drug-likeness (QED) is 0.533. The molecule has 20 heavy (non-hydrogen) atoms. The maximum Gasteiger partial charge on any atom is 0.273 e. The van der Waals surface area contributed by atoms with E-state index >= 15 is 0 Å². The summed E-state index contributed by atoms with van der Waals surface area (Å²) in [7, 11) is 0. The van der Waals surface area contributed by atoms with Crippen LogP contribution in [0.1, 0.15) is 20.8 Å². The summed E-state index contributed by atoms with van der Waals surface area (Å²) in [5, 5.41) is 16.5. The number of nitrogens with one attached hydrogen (secondary N) is 1. The van der Waals surface area contributed by atoms with E-state index in [0.717, 1.165) is 4.88 Å². The van der Waals surface area contributed by atoms with E-state index in [-0.39, 0.29) is 11.3 Å². The van der Waals surface area contributed by atoms with E-state index in [0.29, 0.717) is 5.56 Å². The lowest BCUT2D eigenvalue weighted by Crippen LogP contribution is -2.19. The van der Waals surface area contributed by atoms with Gasteiger partial charge in [0.2, 0.25) is 0 Å². The fourth-order valence-corrected chi connectivity index (χ4v) is 2.23. The van der Waals surface area contributed by atoms with Crippen molar-refractivity contribution in [3.63, 3.8) is 0 Å². The van der Waals surface area contributed by atoms with Crippen LogP contribution in [-0.2, 0) is 0 Å². The Kier molecular flexibility index (Phi) is 4.21. The number of hydrogen-bond donors (Lipinski definition) is 1. The van der Waals surface area contributed by atoms with Crippen LogP contribution in [0.15, 0.2) is 40.8 Å². The zero-order valence-electron chi connectivity index (χ0n) is 10.6. The van der Waals surface area contributed by atoms with Crippen molar-refractivity contribution < 1.29 is 9.72 Å². The highest BCUT2D eigenvalue weighted by Crippen LogP contribution is 2.20. The zero-order valence-corrected chi connectivity index (χ0v) is 11.4. The van der Waals surface area contributed by atoms with Gasteiger partial charge in [-0.3, -0.25) is 14.9 Å². The molecule has 0 radical (unpaired) electrons. The maximum atomic E-state index is 11.9. The number of nitro groups is 1. The highest BCUT2D eigenvalue weighted by molar-refractivity contribution is 7.11. The molecule has 0 aliphatic heterocycles. The van der Waals surface area contributed by atoms with Crippen molar-refractivity contribution >= 4 is 29.1 Å². The third kappa shape index (κ3) is 3.07. The fraction of sp³-hybridized carbons (Fsp3) is 0.0769. The van der Waals surface area contributed by atoms with Crippen molar-refractivity contribution in [3.8, 4) is 0 Å². The molecule has 0 aliphatic rings. The molecule has 0 saturated heterocycles. The van der Waals surface area contributed by atoms with Gasteiger partial charge in [0.05, 0.1) is 16.7 Å². The van der Waals surface area contributed by atoms with Crippen LogP contribution in [0.2, 0.25) is 0 Å². The number of nitrogens with zero attached hydrogens (tertiary/aromatic N) is 2. The van der Waals surface area contributed by atoms with E-state index in [4.69, 9.17) is 0 Å². The number of carbonyl (C=O) groups is 1. The molecule has 2 aromatic rings. The van der Waals surface area contributed by atoms with Gasteiger partial charge in [0.25, 0.3) is 11.6 Å². The first kappa shape index (κ1) is 13.9. The molecule has 1 heterocycles. The molecule has 2 rings (SSSR count). The van der Waals surface area contributed by atoms with Gasteiger partial charge in [-0.2, -0.15) is 5.10 Å². The maximum absolute atomic E-state index is 11.9. The van der Waals surface area contributed by atoms with E-state index in [2.05, 4.69) is 10.5 Å². The van der Waals surface area contributed by atoms with E-state index in [1.807, 2.05) is 17.5 Å². The summed E-state index contributed by atoms with van der Waals surface area (Å²) in [6, 6.07) is 8.10. The Labute approximate surface area is 118 Å². The first-order valence-corrected chi connectivity index (χ1v) is 6.58. The molecule has 6 nitrogen and oxygen atoms in total. The summed E-state index contributed by atoms with van der Waals surface area (Å²) in [5.74, 6) is -0.473. The Bertz CT molecular complexity index is 666. The number of carbonyl (C=O) groups excluding carboxylic acids is 1. The molecule has 1 amide bonds. The van der Waals surface area contributed by atoms with Gasteiger partial charge >= 0.3 is 0 Å². The van der Waals surface area contributed by atoms with E-state index in [9.17, 15) is 14.9 Å². The molecule has 0 unspecified atom stereocenters. The standard InChI is InChI=1S/C13H11N3O3S/c1-9-11(5-2-6-12(9)16(18)19)13(17)15-14-8-10-4-3-7-20-10/h2-8H,1H3,(H,15,17)/b14-8-. The second-order valence-corrected chi connectivity index (χ2v) is 4.90. The van der Waals surface area contributed by atoms with Crippen LogP contribution in [0.3, 0.4) is 0 Å². The largest absolute Gasteiger partial charge is 0.273 e. The van der Waals surface area contributed by atoms with Crippen molar-refractivity contribution in [3.05, 3.63) is 61.8 Å². The van der Waals surface area contributed by atoms with Gasteiger partial charge in [0.1, 0.15) is 0 Å². The van der Waals surface area contributed by atoms with Crippen molar-refractivity contribution in [1.29, 1.82) is 0 Å². The van der Waals surface area contributed by atoms with Crippen molar-refractivity contribution in [2.75, 3.05) is 0 Å². The van der Waals surface area contributed by atoms with Gasteiger partial charge in [-0.15, -0.1) is 11.3 Å². The summed E-state index contributed by atoms with van der Waals surface area (Å²) in [6.45, 7) is 1.54. The Balaban J connectivity index is 2.13. The zero-order chi connectivity index (χ0) is 14.5. The van der Waals surface area contributed by atoms with Gasteiger partial charge in [-0.25, -0.2) is 5.43 Å². The molecular formula is C13H11N3O3S. The SMILES string of the molecule is Cc1c(C(=O)N/N=C\c2cccs2)cccc1[N+](=O)[O-]. The summed E-state index contributed by atoms with van der Waals surface area (Å²) in [6.07, 6.45) is 1.52.